The fourth-order valence-corrected chi connectivity index (χ4v) is 2.91. The van der Waals surface area contributed by atoms with Crippen LogP contribution in [0, 0.1) is 6.92 Å². The number of carbonyl (C=O) groups is 1. The van der Waals surface area contributed by atoms with Gasteiger partial charge in [-0.3, -0.25) is 10.2 Å². The molecule has 2 aromatic heterocycles. The molecule has 0 aliphatic heterocycles. The Kier molecular flexibility index (Phi) is 3.84. The lowest BCUT2D eigenvalue weighted by Crippen LogP contribution is -2.11. The van der Waals surface area contributed by atoms with Gasteiger partial charge in [-0.25, -0.2) is 14.3 Å². The summed E-state index contributed by atoms with van der Waals surface area (Å²) in [6.07, 6.45) is 0.862. The smallest absolute Gasteiger partial charge is 0.297 e. The summed E-state index contributed by atoms with van der Waals surface area (Å²) in [4.78, 5) is 22.4. The molecule has 0 saturated heterocycles. The fourth-order valence-electron chi connectivity index (χ4n) is 1.94. The van der Waals surface area contributed by atoms with E-state index in [0.717, 1.165) is 15.5 Å². The minimum Gasteiger partial charge on any atom is -0.297 e. The van der Waals surface area contributed by atoms with Crippen molar-refractivity contribution in [3.63, 3.8) is 0 Å². The number of oxime groups is 1. The molecule has 3 aromatic rings. The Hall–Kier alpha value is -2.74. The van der Waals surface area contributed by atoms with Crippen LogP contribution >= 0.6 is 11.3 Å². The van der Waals surface area contributed by atoms with E-state index in [0.29, 0.717) is 11.4 Å². The van der Waals surface area contributed by atoms with Gasteiger partial charge in [-0.05, 0) is 26.0 Å². The maximum Gasteiger partial charge on any atom is 0.437 e. The van der Waals surface area contributed by atoms with Crippen LogP contribution in [-0.2, 0) is 4.84 Å². The Morgan fingerprint density at radius 3 is 2.86 bits per heavy atom. The molecule has 112 valence electrons. The van der Waals surface area contributed by atoms with Crippen molar-refractivity contribution in [2.24, 2.45) is 5.16 Å². The van der Waals surface area contributed by atoms with E-state index in [1.165, 1.54) is 17.7 Å². The van der Waals surface area contributed by atoms with Crippen LogP contribution in [0.3, 0.4) is 0 Å². The van der Waals surface area contributed by atoms with Gasteiger partial charge in [-0.1, -0.05) is 34.7 Å². The summed E-state index contributed by atoms with van der Waals surface area (Å²) in [6, 6.07) is 9.04. The lowest BCUT2D eigenvalue weighted by atomic mass is 10.3. The van der Waals surface area contributed by atoms with Crippen molar-refractivity contribution in [3.05, 3.63) is 47.2 Å². The second-order valence-corrected chi connectivity index (χ2v) is 5.50. The number of thiazole rings is 1. The van der Waals surface area contributed by atoms with E-state index in [4.69, 9.17) is 4.84 Å². The molecule has 0 aliphatic rings. The van der Waals surface area contributed by atoms with Gasteiger partial charge in [0.25, 0.3) is 0 Å². The highest BCUT2D eigenvalue weighted by Gasteiger charge is 2.13. The molecular weight excluding hydrogens is 302 g/mol. The number of nitrogens with one attached hydrogen (secondary N) is 1. The number of nitrogens with zero attached hydrogens (tertiary/aromatic N) is 4. The summed E-state index contributed by atoms with van der Waals surface area (Å²) in [7, 11) is 0. The summed E-state index contributed by atoms with van der Waals surface area (Å²) in [5, 5.41) is 10.6. The zero-order chi connectivity index (χ0) is 15.5. The number of carbonyl (C=O) groups excluding carboxylic acids is 1. The van der Waals surface area contributed by atoms with Crippen LogP contribution in [0.5, 0.6) is 0 Å². The fraction of sp³-hybridized carbons (Fsp3) is 0.143. The molecule has 1 N–H and O–H groups in total. The zero-order valence-electron chi connectivity index (χ0n) is 12.0. The van der Waals surface area contributed by atoms with E-state index in [-0.39, 0.29) is 0 Å². The van der Waals surface area contributed by atoms with Gasteiger partial charge >= 0.3 is 6.09 Å². The van der Waals surface area contributed by atoms with Gasteiger partial charge in [0.05, 0.1) is 16.3 Å². The van der Waals surface area contributed by atoms with Gasteiger partial charge in [0, 0.05) is 5.69 Å². The molecule has 0 spiro atoms. The van der Waals surface area contributed by atoms with E-state index < -0.39 is 6.09 Å². The summed E-state index contributed by atoms with van der Waals surface area (Å²) in [5.74, 6) is 0. The number of aromatic nitrogens is 3. The third-order valence-corrected chi connectivity index (χ3v) is 4.23. The molecule has 2 heterocycles. The second kappa shape index (κ2) is 5.94. The first-order valence-electron chi connectivity index (χ1n) is 6.52. The molecule has 0 unspecified atom stereocenters. The molecule has 0 saturated carbocycles. The predicted octanol–water partition coefficient (Wildman–Crippen LogP) is 3.07. The van der Waals surface area contributed by atoms with Gasteiger partial charge in [0.1, 0.15) is 6.33 Å². The van der Waals surface area contributed by atoms with Gasteiger partial charge in [0.15, 0.2) is 0 Å². The average molecular weight is 315 g/mol. The Balaban J connectivity index is 1.70. The van der Waals surface area contributed by atoms with Crippen LogP contribution in [0.4, 0.5) is 10.5 Å². The molecule has 1 aromatic carbocycles. The van der Waals surface area contributed by atoms with Crippen LogP contribution < -0.4 is 5.32 Å². The minimum atomic E-state index is -0.636. The minimum absolute atomic E-state index is 0.595. The maximum absolute atomic E-state index is 11.7. The number of hydrogen-bond acceptors (Lipinski definition) is 6. The van der Waals surface area contributed by atoms with Gasteiger partial charge in [-0.2, -0.15) is 5.10 Å². The Morgan fingerprint density at radius 1 is 1.36 bits per heavy atom. The van der Waals surface area contributed by atoms with Crippen molar-refractivity contribution in [1.82, 2.24) is 14.6 Å². The molecule has 0 radical (unpaired) electrons. The highest BCUT2D eigenvalue weighted by atomic mass is 32.1. The zero-order valence-corrected chi connectivity index (χ0v) is 12.8. The average Bonchev–Trinajstić information content (AvgIpc) is 3.09. The molecule has 22 heavy (non-hydrogen) atoms. The second-order valence-electron chi connectivity index (χ2n) is 4.52. The monoisotopic (exact) mass is 315 g/mol. The Bertz CT molecular complexity index is 837. The number of aryl methyl sites for hydroxylation is 1. The lowest BCUT2D eigenvalue weighted by Gasteiger charge is -2.03. The third kappa shape index (κ3) is 2.82. The maximum atomic E-state index is 11.7. The topological polar surface area (TPSA) is 80.9 Å². The summed E-state index contributed by atoms with van der Waals surface area (Å²) in [5.41, 5.74) is 2.15. The number of fused-ring (bicyclic) bond motifs is 1. The van der Waals surface area contributed by atoms with E-state index in [9.17, 15) is 4.79 Å². The van der Waals surface area contributed by atoms with E-state index in [2.05, 4.69) is 20.6 Å². The van der Waals surface area contributed by atoms with Crippen molar-refractivity contribution >= 4 is 33.8 Å². The number of anilines is 1. The molecule has 0 aliphatic carbocycles. The van der Waals surface area contributed by atoms with Crippen LogP contribution in [0.25, 0.3) is 4.96 Å². The summed E-state index contributed by atoms with van der Waals surface area (Å²) >= 11 is 1.44. The van der Waals surface area contributed by atoms with Gasteiger partial charge < -0.3 is 0 Å². The van der Waals surface area contributed by atoms with Crippen LogP contribution in [0.2, 0.25) is 0 Å². The van der Waals surface area contributed by atoms with E-state index >= 15 is 0 Å². The quantitative estimate of drug-likeness (QED) is 0.457. The number of amides is 1. The normalized spacial score (nSPS) is 11.6. The summed E-state index contributed by atoms with van der Waals surface area (Å²) < 4.78 is 1.73. The molecule has 0 fully saturated rings. The first-order chi connectivity index (χ1) is 10.6. The first-order valence-corrected chi connectivity index (χ1v) is 7.34. The van der Waals surface area contributed by atoms with Gasteiger partial charge in [-0.15, -0.1) is 0 Å². The Morgan fingerprint density at radius 2 is 2.14 bits per heavy atom. The van der Waals surface area contributed by atoms with Crippen molar-refractivity contribution in [2.75, 3.05) is 5.32 Å². The molecule has 1 amide bonds. The van der Waals surface area contributed by atoms with Crippen molar-refractivity contribution in [2.45, 2.75) is 13.8 Å². The SMILES string of the molecule is CC(=NOC(=O)Nc1ccccc1)c1sc2ncnn2c1C. The highest BCUT2D eigenvalue weighted by Crippen LogP contribution is 2.21. The standard InChI is InChI=1S/C14H13N5O2S/c1-9(12-10(2)19-13(22-12)15-8-16-19)18-21-14(20)17-11-6-4-3-5-7-11/h3-8H,1-2H3,(H,17,20). The molecule has 7 nitrogen and oxygen atoms in total. The van der Waals surface area contributed by atoms with Crippen LogP contribution in [0.15, 0.2) is 41.8 Å². The highest BCUT2D eigenvalue weighted by molar-refractivity contribution is 7.19. The first kappa shape index (κ1) is 14.2. The number of hydrogen-bond donors (Lipinski definition) is 1. The van der Waals surface area contributed by atoms with Crippen LogP contribution in [-0.4, -0.2) is 26.4 Å². The largest absolute Gasteiger partial charge is 0.437 e. The molecule has 0 atom stereocenters. The predicted molar refractivity (Wildman–Crippen MR) is 84.4 cm³/mol. The van der Waals surface area contributed by atoms with Crippen LogP contribution in [0.1, 0.15) is 17.5 Å². The van der Waals surface area contributed by atoms with Crippen molar-refractivity contribution in [1.29, 1.82) is 0 Å². The van der Waals surface area contributed by atoms with E-state index in [1.54, 1.807) is 23.6 Å². The molecule has 8 heteroatoms. The Labute approximate surface area is 130 Å². The third-order valence-electron chi connectivity index (χ3n) is 2.97. The molecule has 0 bridgehead atoms. The number of benzene rings is 1. The summed E-state index contributed by atoms with van der Waals surface area (Å²) in [6.45, 7) is 3.69. The number of para-hydroxylation sites is 1. The molecular formula is C14H13N5O2S. The van der Waals surface area contributed by atoms with Crippen molar-refractivity contribution < 1.29 is 9.63 Å². The van der Waals surface area contributed by atoms with Gasteiger partial charge in [0.2, 0.25) is 4.96 Å². The van der Waals surface area contributed by atoms with Crippen molar-refractivity contribution in [3.8, 4) is 0 Å². The van der Waals surface area contributed by atoms with E-state index in [1.807, 2.05) is 25.1 Å². The lowest BCUT2D eigenvalue weighted by molar-refractivity contribution is 0.166. The number of rotatable bonds is 3. The molecule has 3 rings (SSSR count).